The van der Waals surface area contributed by atoms with Gasteiger partial charge in [0, 0.05) is 30.0 Å². The maximum Gasteiger partial charge on any atom is 0.268 e. The van der Waals surface area contributed by atoms with Gasteiger partial charge in [-0.2, -0.15) is 0 Å². The summed E-state index contributed by atoms with van der Waals surface area (Å²) in [6.07, 6.45) is 5.27. The summed E-state index contributed by atoms with van der Waals surface area (Å²) < 4.78 is 4.48. The molecule has 2 heterocycles. The number of rotatable bonds is 5. The highest BCUT2D eigenvalue weighted by atomic mass is 79.9. The quantitative estimate of drug-likeness (QED) is 0.905. The number of carbonyl (C=O) groups is 1. The Morgan fingerprint density at radius 2 is 2.39 bits per heavy atom. The van der Waals surface area contributed by atoms with E-state index in [4.69, 9.17) is 0 Å². The minimum Gasteiger partial charge on any atom is -0.349 e. The molecule has 0 aliphatic carbocycles. The van der Waals surface area contributed by atoms with Gasteiger partial charge in [0.25, 0.3) is 5.91 Å². The van der Waals surface area contributed by atoms with Crippen molar-refractivity contribution in [2.24, 2.45) is 0 Å². The Hall–Kier alpha value is -1.63. The Labute approximate surface area is 113 Å². The minimum atomic E-state index is -0.0809. The molecule has 96 valence electrons. The van der Waals surface area contributed by atoms with Crippen LogP contribution in [0.3, 0.4) is 0 Å². The van der Waals surface area contributed by atoms with Gasteiger partial charge in [0.2, 0.25) is 0 Å². The van der Waals surface area contributed by atoms with E-state index in [1.54, 1.807) is 17.1 Å². The average molecular weight is 312 g/mol. The van der Waals surface area contributed by atoms with Gasteiger partial charge in [-0.25, -0.2) is 0 Å². The second-order valence-electron chi connectivity index (χ2n) is 3.75. The van der Waals surface area contributed by atoms with Gasteiger partial charge in [-0.1, -0.05) is 5.21 Å². The Balaban J connectivity index is 1.91. The molecular formula is C11H14BrN5O. The van der Waals surface area contributed by atoms with Crippen molar-refractivity contribution in [1.82, 2.24) is 24.9 Å². The van der Waals surface area contributed by atoms with Crippen LogP contribution >= 0.6 is 15.9 Å². The van der Waals surface area contributed by atoms with Crippen LogP contribution in [0.4, 0.5) is 0 Å². The lowest BCUT2D eigenvalue weighted by atomic mass is 10.4. The Kier molecular flexibility index (Phi) is 4.14. The zero-order chi connectivity index (χ0) is 13.0. The second-order valence-corrected chi connectivity index (χ2v) is 4.67. The molecule has 18 heavy (non-hydrogen) atoms. The smallest absolute Gasteiger partial charge is 0.268 e. The molecule has 6 nitrogen and oxygen atoms in total. The van der Waals surface area contributed by atoms with E-state index in [9.17, 15) is 4.79 Å². The first-order valence-electron chi connectivity index (χ1n) is 5.68. The number of aromatic nitrogens is 4. The van der Waals surface area contributed by atoms with Crippen LogP contribution in [0.1, 0.15) is 17.4 Å². The summed E-state index contributed by atoms with van der Waals surface area (Å²) >= 11 is 3.37. The van der Waals surface area contributed by atoms with Crippen molar-refractivity contribution in [2.75, 3.05) is 6.54 Å². The van der Waals surface area contributed by atoms with E-state index >= 15 is 0 Å². The van der Waals surface area contributed by atoms with Crippen molar-refractivity contribution in [2.45, 2.75) is 20.0 Å². The number of aryl methyl sites for hydroxylation is 1. The molecule has 0 bridgehead atoms. The average Bonchev–Trinajstić information content (AvgIpc) is 2.98. The summed E-state index contributed by atoms with van der Waals surface area (Å²) in [5, 5.41) is 10.4. The predicted octanol–water partition coefficient (Wildman–Crippen LogP) is 1.29. The third-order valence-electron chi connectivity index (χ3n) is 2.53. The molecular weight excluding hydrogens is 298 g/mol. The van der Waals surface area contributed by atoms with Gasteiger partial charge < -0.3 is 9.88 Å². The normalized spacial score (nSPS) is 10.6. The molecule has 7 heteroatoms. The van der Waals surface area contributed by atoms with Crippen LogP contribution in [0.2, 0.25) is 0 Å². The van der Waals surface area contributed by atoms with Gasteiger partial charge in [0.05, 0.1) is 12.7 Å². The first-order valence-corrected chi connectivity index (χ1v) is 6.48. The fourth-order valence-corrected chi connectivity index (χ4v) is 2.12. The van der Waals surface area contributed by atoms with E-state index in [0.717, 1.165) is 11.0 Å². The maximum atomic E-state index is 12.0. The number of nitrogens with one attached hydrogen (secondary N) is 1. The van der Waals surface area contributed by atoms with E-state index in [0.29, 0.717) is 18.8 Å². The highest BCUT2D eigenvalue weighted by Crippen LogP contribution is 2.14. The van der Waals surface area contributed by atoms with E-state index < -0.39 is 0 Å². The SMILES string of the molecule is CCn1cc(Br)cc1C(=O)NCCn1ccnn1. The summed E-state index contributed by atoms with van der Waals surface area (Å²) in [7, 11) is 0. The van der Waals surface area contributed by atoms with Crippen LogP contribution in [0.25, 0.3) is 0 Å². The molecule has 0 aliphatic heterocycles. The summed E-state index contributed by atoms with van der Waals surface area (Å²) in [6.45, 7) is 3.89. The van der Waals surface area contributed by atoms with E-state index in [2.05, 4.69) is 31.6 Å². The van der Waals surface area contributed by atoms with Crippen LogP contribution < -0.4 is 5.32 Å². The van der Waals surface area contributed by atoms with Gasteiger partial charge in [0.1, 0.15) is 5.69 Å². The zero-order valence-corrected chi connectivity index (χ0v) is 11.6. The zero-order valence-electron chi connectivity index (χ0n) is 10.0. The molecule has 1 amide bonds. The van der Waals surface area contributed by atoms with Crippen LogP contribution in [0.15, 0.2) is 29.1 Å². The van der Waals surface area contributed by atoms with Crippen molar-refractivity contribution < 1.29 is 4.79 Å². The Morgan fingerprint density at radius 1 is 1.56 bits per heavy atom. The summed E-state index contributed by atoms with van der Waals surface area (Å²) in [6, 6.07) is 1.81. The molecule has 0 radical (unpaired) electrons. The van der Waals surface area contributed by atoms with E-state index in [1.807, 2.05) is 23.8 Å². The molecule has 1 N–H and O–H groups in total. The third-order valence-corrected chi connectivity index (χ3v) is 2.97. The standard InChI is InChI=1S/C11H14BrN5O/c1-2-16-8-9(12)7-10(16)11(18)13-3-5-17-6-4-14-15-17/h4,6-8H,2-3,5H2,1H3,(H,13,18). The Morgan fingerprint density at radius 3 is 3.06 bits per heavy atom. The third kappa shape index (κ3) is 2.98. The van der Waals surface area contributed by atoms with Gasteiger partial charge in [-0.15, -0.1) is 5.10 Å². The summed E-state index contributed by atoms with van der Waals surface area (Å²) in [5.41, 5.74) is 0.656. The fourth-order valence-electron chi connectivity index (χ4n) is 1.65. The molecule has 0 saturated heterocycles. The minimum absolute atomic E-state index is 0.0809. The fraction of sp³-hybridized carbons (Fsp3) is 0.364. The van der Waals surface area contributed by atoms with Gasteiger partial charge >= 0.3 is 0 Å². The number of hydrogen-bond donors (Lipinski definition) is 1. The van der Waals surface area contributed by atoms with Crippen LogP contribution in [-0.2, 0) is 13.1 Å². The first kappa shape index (κ1) is 12.8. The molecule has 0 aliphatic rings. The van der Waals surface area contributed by atoms with Crippen LogP contribution in [-0.4, -0.2) is 32.0 Å². The van der Waals surface area contributed by atoms with E-state index in [-0.39, 0.29) is 5.91 Å². The lowest BCUT2D eigenvalue weighted by Gasteiger charge is -2.07. The molecule has 0 atom stereocenters. The monoisotopic (exact) mass is 311 g/mol. The van der Waals surface area contributed by atoms with Crippen LogP contribution in [0.5, 0.6) is 0 Å². The van der Waals surface area contributed by atoms with Gasteiger partial charge in [0.15, 0.2) is 0 Å². The molecule has 0 unspecified atom stereocenters. The van der Waals surface area contributed by atoms with Crippen molar-refractivity contribution >= 4 is 21.8 Å². The van der Waals surface area contributed by atoms with Crippen molar-refractivity contribution in [3.63, 3.8) is 0 Å². The Bertz CT molecular complexity index is 520. The molecule has 2 aromatic heterocycles. The number of hydrogen-bond acceptors (Lipinski definition) is 3. The molecule has 0 fully saturated rings. The molecule has 2 aromatic rings. The first-order chi connectivity index (χ1) is 8.70. The number of nitrogens with zero attached hydrogens (tertiary/aromatic N) is 4. The van der Waals surface area contributed by atoms with Crippen molar-refractivity contribution in [3.8, 4) is 0 Å². The number of carbonyl (C=O) groups excluding carboxylic acids is 1. The molecule has 0 aromatic carbocycles. The summed E-state index contributed by atoms with van der Waals surface area (Å²) in [5.74, 6) is -0.0809. The van der Waals surface area contributed by atoms with Gasteiger partial charge in [-0.05, 0) is 28.9 Å². The number of amides is 1. The lowest BCUT2D eigenvalue weighted by molar-refractivity contribution is 0.0942. The number of halogens is 1. The van der Waals surface area contributed by atoms with E-state index in [1.165, 1.54) is 0 Å². The molecule has 0 spiro atoms. The molecule has 0 saturated carbocycles. The maximum absolute atomic E-state index is 12.0. The van der Waals surface area contributed by atoms with Crippen LogP contribution in [0, 0.1) is 0 Å². The van der Waals surface area contributed by atoms with Gasteiger partial charge in [-0.3, -0.25) is 9.48 Å². The van der Waals surface area contributed by atoms with Crippen molar-refractivity contribution in [1.29, 1.82) is 0 Å². The largest absolute Gasteiger partial charge is 0.349 e. The highest BCUT2D eigenvalue weighted by Gasteiger charge is 2.11. The highest BCUT2D eigenvalue weighted by molar-refractivity contribution is 9.10. The summed E-state index contributed by atoms with van der Waals surface area (Å²) in [4.78, 5) is 12.0. The lowest BCUT2D eigenvalue weighted by Crippen LogP contribution is -2.29. The predicted molar refractivity (Wildman–Crippen MR) is 70.2 cm³/mol. The van der Waals surface area contributed by atoms with Crippen molar-refractivity contribution in [3.05, 3.63) is 34.8 Å². The molecule has 2 rings (SSSR count). The topological polar surface area (TPSA) is 64.7 Å². The second kappa shape index (κ2) is 5.81.